The Balaban J connectivity index is 1.96. The fraction of sp³-hybridized carbons (Fsp3) is 0.214. The minimum absolute atomic E-state index is 0.0284. The smallest absolute Gasteiger partial charge is 0.300 e. The monoisotopic (exact) mass is 473 g/mol. The van der Waals surface area contributed by atoms with Crippen molar-refractivity contribution in [3.8, 4) is 17.2 Å². The van der Waals surface area contributed by atoms with E-state index < -0.39 is 17.7 Å². The number of hydrogen-bond donors (Lipinski definition) is 1. The van der Waals surface area contributed by atoms with Crippen molar-refractivity contribution in [3.63, 3.8) is 0 Å². The molecule has 1 heterocycles. The van der Waals surface area contributed by atoms with Crippen molar-refractivity contribution in [2.24, 2.45) is 0 Å². The number of aryl methyl sites for hydroxylation is 1. The molecule has 7 nitrogen and oxygen atoms in total. The minimum atomic E-state index is -0.945. The number of benzene rings is 3. The molecule has 4 rings (SSSR count). The number of anilines is 1. The number of Topliss-reactive ketones (excluding diaryl/α,β-unsaturated/α-hetero) is 1. The number of carbonyl (C=O) groups excluding carboxylic acids is 2. The number of aliphatic hydroxyl groups is 1. The van der Waals surface area contributed by atoms with Crippen LogP contribution in [0.5, 0.6) is 17.2 Å². The van der Waals surface area contributed by atoms with Gasteiger partial charge in [0, 0.05) is 16.8 Å². The maximum Gasteiger partial charge on any atom is 0.300 e. The molecular weight excluding hydrogens is 446 g/mol. The third-order valence-electron chi connectivity index (χ3n) is 5.93. The number of ketones is 1. The second kappa shape index (κ2) is 9.93. The van der Waals surface area contributed by atoms with Gasteiger partial charge in [0.25, 0.3) is 11.7 Å². The maximum absolute atomic E-state index is 13.4. The zero-order valence-electron chi connectivity index (χ0n) is 20.1. The van der Waals surface area contributed by atoms with Crippen LogP contribution in [-0.2, 0) is 9.59 Å². The van der Waals surface area contributed by atoms with Gasteiger partial charge in [0.15, 0.2) is 0 Å². The molecule has 3 aromatic carbocycles. The standard InChI is InChI=1S/C28H27NO6/c1-5-35-20-12-10-19(11-13-20)29-25(22-16-21(33-3)14-15-23(22)34-4)24(27(31)28(29)32)26(30)18-8-6-17(2)7-9-18/h6-16,25,30H,5H2,1-4H3. The average Bonchev–Trinajstić information content (AvgIpc) is 3.14. The van der Waals surface area contributed by atoms with E-state index in [9.17, 15) is 14.7 Å². The van der Waals surface area contributed by atoms with Crippen molar-refractivity contribution < 1.29 is 28.9 Å². The summed E-state index contributed by atoms with van der Waals surface area (Å²) < 4.78 is 16.5. The van der Waals surface area contributed by atoms with Gasteiger partial charge in [-0.2, -0.15) is 0 Å². The highest BCUT2D eigenvalue weighted by Gasteiger charge is 2.48. The van der Waals surface area contributed by atoms with E-state index in [4.69, 9.17) is 14.2 Å². The van der Waals surface area contributed by atoms with Crippen LogP contribution >= 0.6 is 0 Å². The molecule has 180 valence electrons. The molecule has 35 heavy (non-hydrogen) atoms. The zero-order chi connectivity index (χ0) is 25.1. The lowest BCUT2D eigenvalue weighted by molar-refractivity contribution is -0.132. The van der Waals surface area contributed by atoms with Crippen molar-refractivity contribution in [2.45, 2.75) is 19.9 Å². The molecule has 0 aliphatic carbocycles. The largest absolute Gasteiger partial charge is 0.507 e. The van der Waals surface area contributed by atoms with Crippen LogP contribution in [0.15, 0.2) is 72.3 Å². The van der Waals surface area contributed by atoms with E-state index in [-0.39, 0.29) is 11.3 Å². The molecule has 1 unspecified atom stereocenters. The Hall–Kier alpha value is -4.26. The van der Waals surface area contributed by atoms with E-state index in [1.165, 1.54) is 19.1 Å². The number of rotatable bonds is 7. The van der Waals surface area contributed by atoms with Crippen LogP contribution in [0.4, 0.5) is 5.69 Å². The Morgan fingerprint density at radius 2 is 1.57 bits per heavy atom. The first-order valence-electron chi connectivity index (χ1n) is 11.2. The molecule has 3 aromatic rings. The number of methoxy groups -OCH3 is 2. The van der Waals surface area contributed by atoms with Crippen LogP contribution in [0, 0.1) is 6.92 Å². The van der Waals surface area contributed by atoms with Crippen LogP contribution in [0.1, 0.15) is 29.7 Å². The molecule has 0 aromatic heterocycles. The van der Waals surface area contributed by atoms with Gasteiger partial charge in [-0.05, 0) is 56.3 Å². The Morgan fingerprint density at radius 3 is 2.17 bits per heavy atom. The van der Waals surface area contributed by atoms with Crippen LogP contribution < -0.4 is 19.1 Å². The molecule has 7 heteroatoms. The molecular formula is C28H27NO6. The van der Waals surface area contributed by atoms with Crippen LogP contribution in [0.3, 0.4) is 0 Å². The summed E-state index contributed by atoms with van der Waals surface area (Å²) in [7, 11) is 3.04. The first-order chi connectivity index (χ1) is 16.9. The van der Waals surface area contributed by atoms with Gasteiger partial charge in [0.2, 0.25) is 0 Å². The van der Waals surface area contributed by atoms with Gasteiger partial charge in [-0.15, -0.1) is 0 Å². The number of carbonyl (C=O) groups is 2. The summed E-state index contributed by atoms with van der Waals surface area (Å²) in [5.74, 6) is -0.184. The predicted molar refractivity (Wildman–Crippen MR) is 133 cm³/mol. The molecule has 1 amide bonds. The molecule has 0 bridgehead atoms. The van der Waals surface area contributed by atoms with Gasteiger partial charge in [-0.1, -0.05) is 29.8 Å². The molecule has 1 fully saturated rings. The van der Waals surface area contributed by atoms with E-state index in [2.05, 4.69) is 0 Å². The van der Waals surface area contributed by atoms with E-state index in [1.54, 1.807) is 54.6 Å². The van der Waals surface area contributed by atoms with Gasteiger partial charge in [-0.3, -0.25) is 14.5 Å². The summed E-state index contributed by atoms with van der Waals surface area (Å²) in [5, 5.41) is 11.3. The van der Waals surface area contributed by atoms with Crippen molar-refractivity contribution in [1.29, 1.82) is 0 Å². The van der Waals surface area contributed by atoms with Crippen LogP contribution in [0.2, 0.25) is 0 Å². The normalized spacial score (nSPS) is 16.9. The number of ether oxygens (including phenoxy) is 3. The molecule has 1 N–H and O–H groups in total. The molecule has 0 spiro atoms. The first kappa shape index (κ1) is 23.9. The van der Waals surface area contributed by atoms with E-state index in [0.29, 0.717) is 40.7 Å². The highest BCUT2D eigenvalue weighted by Crippen LogP contribution is 2.46. The Kier molecular flexibility index (Phi) is 6.78. The van der Waals surface area contributed by atoms with Gasteiger partial charge in [0.05, 0.1) is 32.4 Å². The summed E-state index contributed by atoms with van der Waals surface area (Å²) in [6.07, 6.45) is 0. The number of nitrogens with zero attached hydrogens (tertiary/aromatic N) is 1. The molecule has 1 aliphatic heterocycles. The van der Waals surface area contributed by atoms with E-state index >= 15 is 0 Å². The lowest BCUT2D eigenvalue weighted by atomic mass is 9.94. The maximum atomic E-state index is 13.4. The van der Waals surface area contributed by atoms with Gasteiger partial charge < -0.3 is 19.3 Å². The summed E-state index contributed by atoms with van der Waals surface area (Å²) in [6, 6.07) is 18.2. The van der Waals surface area contributed by atoms with Crippen LogP contribution in [-0.4, -0.2) is 37.6 Å². The lowest BCUT2D eigenvalue weighted by Gasteiger charge is -2.27. The minimum Gasteiger partial charge on any atom is -0.507 e. The Morgan fingerprint density at radius 1 is 0.914 bits per heavy atom. The summed E-state index contributed by atoms with van der Waals surface area (Å²) in [4.78, 5) is 28.1. The SMILES string of the molecule is CCOc1ccc(N2C(=O)C(=O)C(=C(O)c3ccc(C)cc3)C2c2cc(OC)ccc2OC)cc1. The fourth-order valence-corrected chi connectivity index (χ4v) is 4.18. The predicted octanol–water partition coefficient (Wildman–Crippen LogP) is 5.04. The van der Waals surface area contributed by atoms with E-state index in [1.807, 2.05) is 26.0 Å². The van der Waals surface area contributed by atoms with Gasteiger partial charge >= 0.3 is 0 Å². The lowest BCUT2D eigenvalue weighted by Crippen LogP contribution is -2.29. The summed E-state index contributed by atoms with van der Waals surface area (Å²) in [6.45, 7) is 4.31. The molecule has 0 saturated carbocycles. The highest BCUT2D eigenvalue weighted by atomic mass is 16.5. The third-order valence-corrected chi connectivity index (χ3v) is 5.93. The fourth-order valence-electron chi connectivity index (χ4n) is 4.18. The quantitative estimate of drug-likeness (QED) is 0.294. The molecule has 1 atom stereocenters. The molecule has 1 aliphatic rings. The second-order valence-corrected chi connectivity index (χ2v) is 8.07. The Labute approximate surface area is 204 Å². The Bertz CT molecular complexity index is 1280. The molecule has 1 saturated heterocycles. The number of aliphatic hydroxyl groups excluding tert-OH is 1. The third kappa shape index (κ3) is 4.45. The van der Waals surface area contributed by atoms with Gasteiger partial charge in [0.1, 0.15) is 23.0 Å². The average molecular weight is 474 g/mol. The van der Waals surface area contributed by atoms with Crippen molar-refractivity contribution in [2.75, 3.05) is 25.7 Å². The van der Waals surface area contributed by atoms with Crippen molar-refractivity contribution >= 4 is 23.1 Å². The topological polar surface area (TPSA) is 85.3 Å². The zero-order valence-corrected chi connectivity index (χ0v) is 20.1. The van der Waals surface area contributed by atoms with Gasteiger partial charge in [-0.25, -0.2) is 0 Å². The van der Waals surface area contributed by atoms with E-state index in [0.717, 1.165) is 5.56 Å². The highest BCUT2D eigenvalue weighted by molar-refractivity contribution is 6.51. The number of hydrogen-bond acceptors (Lipinski definition) is 6. The summed E-state index contributed by atoms with van der Waals surface area (Å²) >= 11 is 0. The second-order valence-electron chi connectivity index (χ2n) is 8.07. The molecule has 0 radical (unpaired) electrons. The summed E-state index contributed by atoms with van der Waals surface area (Å²) in [5.41, 5.74) is 2.40. The first-order valence-corrected chi connectivity index (χ1v) is 11.2. The number of amides is 1. The van der Waals surface area contributed by atoms with Crippen molar-refractivity contribution in [1.82, 2.24) is 0 Å². The van der Waals surface area contributed by atoms with Crippen LogP contribution in [0.25, 0.3) is 5.76 Å². The van der Waals surface area contributed by atoms with Crippen molar-refractivity contribution in [3.05, 3.63) is 89.0 Å².